The van der Waals surface area contributed by atoms with Crippen molar-refractivity contribution in [2.24, 2.45) is 0 Å². The van der Waals surface area contributed by atoms with Gasteiger partial charge < -0.3 is 18.6 Å². The monoisotopic (exact) mass is 353 g/mol. The number of aromatic nitrogens is 2. The summed E-state index contributed by atoms with van der Waals surface area (Å²) < 4.78 is 16.3. The zero-order valence-corrected chi connectivity index (χ0v) is 14.2. The van der Waals surface area contributed by atoms with E-state index in [2.05, 4.69) is 10.1 Å². The van der Waals surface area contributed by atoms with Crippen LogP contribution >= 0.6 is 0 Å². The quantitative estimate of drug-likeness (QED) is 0.701. The average Bonchev–Trinajstić information content (AvgIpc) is 3.39. The normalized spacial score (nSPS) is 17.4. The lowest BCUT2D eigenvalue weighted by atomic mass is 10.1. The van der Waals surface area contributed by atoms with E-state index in [0.717, 1.165) is 18.4 Å². The largest absolute Gasteiger partial charge is 0.459 e. The van der Waals surface area contributed by atoms with Gasteiger partial charge in [0.1, 0.15) is 6.61 Å². The number of ether oxygens (including phenoxy) is 1. The molecule has 0 radical (unpaired) electrons. The van der Waals surface area contributed by atoms with Crippen molar-refractivity contribution < 1.29 is 18.5 Å². The number of amides is 1. The van der Waals surface area contributed by atoms with E-state index in [9.17, 15) is 4.79 Å². The third kappa shape index (κ3) is 3.67. The molecule has 3 aromatic rings. The molecule has 7 nitrogen and oxygen atoms in total. The average molecular weight is 353 g/mol. The number of carbonyl (C=O) groups excluding carboxylic acids is 1. The zero-order chi connectivity index (χ0) is 17.8. The smallest absolute Gasteiger partial charge is 0.289 e. The van der Waals surface area contributed by atoms with E-state index in [1.807, 2.05) is 30.3 Å². The van der Waals surface area contributed by atoms with E-state index in [1.54, 1.807) is 17.0 Å². The minimum Gasteiger partial charge on any atom is -0.459 e. The predicted molar refractivity (Wildman–Crippen MR) is 92.2 cm³/mol. The molecule has 2 aromatic heterocycles. The van der Waals surface area contributed by atoms with Gasteiger partial charge in [-0.25, -0.2) is 0 Å². The van der Waals surface area contributed by atoms with Gasteiger partial charge in [-0.05, 0) is 25.0 Å². The van der Waals surface area contributed by atoms with Crippen molar-refractivity contribution in [3.05, 3.63) is 60.4 Å². The molecular formula is C19H19N3O4. The molecule has 1 aliphatic heterocycles. The van der Waals surface area contributed by atoms with Crippen LogP contribution in [0.4, 0.5) is 0 Å². The molecule has 4 rings (SSSR count). The minimum absolute atomic E-state index is 0.0604. The highest BCUT2D eigenvalue weighted by molar-refractivity contribution is 5.91. The number of nitrogens with zero attached hydrogens (tertiary/aromatic N) is 3. The molecule has 1 fully saturated rings. The van der Waals surface area contributed by atoms with Crippen molar-refractivity contribution in [3.8, 4) is 11.4 Å². The van der Waals surface area contributed by atoms with Crippen molar-refractivity contribution in [2.75, 3.05) is 13.1 Å². The second kappa shape index (κ2) is 7.53. The fourth-order valence-corrected chi connectivity index (χ4v) is 3.02. The van der Waals surface area contributed by atoms with E-state index in [-0.39, 0.29) is 18.6 Å². The Balaban J connectivity index is 1.33. The van der Waals surface area contributed by atoms with Gasteiger partial charge in [-0.15, -0.1) is 0 Å². The van der Waals surface area contributed by atoms with Crippen LogP contribution in [0.25, 0.3) is 11.4 Å². The Morgan fingerprint density at radius 1 is 1.23 bits per heavy atom. The van der Waals surface area contributed by atoms with Gasteiger partial charge in [0.15, 0.2) is 5.76 Å². The third-order valence-corrected chi connectivity index (χ3v) is 4.34. The lowest BCUT2D eigenvalue weighted by molar-refractivity contribution is -0.0160. The predicted octanol–water partition coefficient (Wildman–Crippen LogP) is 3.15. The number of piperidine rings is 1. The van der Waals surface area contributed by atoms with E-state index < -0.39 is 0 Å². The molecule has 1 aromatic carbocycles. The van der Waals surface area contributed by atoms with Gasteiger partial charge in [0.05, 0.1) is 12.4 Å². The first-order valence-corrected chi connectivity index (χ1v) is 8.62. The van der Waals surface area contributed by atoms with Crippen molar-refractivity contribution in [3.63, 3.8) is 0 Å². The Bertz CT molecular complexity index is 845. The molecule has 0 aliphatic carbocycles. The van der Waals surface area contributed by atoms with E-state index >= 15 is 0 Å². The second-order valence-corrected chi connectivity index (χ2v) is 6.18. The molecule has 26 heavy (non-hydrogen) atoms. The van der Waals surface area contributed by atoms with Crippen LogP contribution in [0, 0.1) is 0 Å². The highest BCUT2D eigenvalue weighted by atomic mass is 16.5. The Kier molecular flexibility index (Phi) is 4.79. The maximum absolute atomic E-state index is 12.4. The molecule has 0 spiro atoms. The second-order valence-electron chi connectivity index (χ2n) is 6.18. The summed E-state index contributed by atoms with van der Waals surface area (Å²) in [6.45, 7) is 1.46. The standard InChI is InChI=1S/C19H19N3O4/c23-19(16-9-5-11-24-16)22-10-4-8-15(12-22)25-13-17-20-18(21-26-17)14-6-2-1-3-7-14/h1-3,5-7,9,11,15H,4,8,10,12-13H2/t15-/m0/s1. The molecule has 7 heteroatoms. The summed E-state index contributed by atoms with van der Waals surface area (Å²) in [5.74, 6) is 1.23. The first kappa shape index (κ1) is 16.5. The lowest BCUT2D eigenvalue weighted by Crippen LogP contribution is -2.43. The van der Waals surface area contributed by atoms with Gasteiger partial charge in [-0.2, -0.15) is 4.98 Å². The van der Waals surface area contributed by atoms with E-state index in [0.29, 0.717) is 30.6 Å². The fraction of sp³-hybridized carbons (Fsp3) is 0.316. The summed E-state index contributed by atoms with van der Waals surface area (Å²) in [7, 11) is 0. The Hall–Kier alpha value is -2.93. The summed E-state index contributed by atoms with van der Waals surface area (Å²) in [4.78, 5) is 18.5. The van der Waals surface area contributed by atoms with E-state index in [4.69, 9.17) is 13.7 Å². The first-order chi connectivity index (χ1) is 12.8. The number of furan rings is 1. The van der Waals surface area contributed by atoms with Gasteiger partial charge in [-0.3, -0.25) is 4.79 Å². The number of benzene rings is 1. The molecule has 0 saturated carbocycles. The van der Waals surface area contributed by atoms with Crippen molar-refractivity contribution in [1.82, 2.24) is 15.0 Å². The van der Waals surface area contributed by atoms with Gasteiger partial charge >= 0.3 is 0 Å². The number of hydrogen-bond acceptors (Lipinski definition) is 6. The summed E-state index contributed by atoms with van der Waals surface area (Å²) >= 11 is 0. The van der Waals surface area contributed by atoms with Crippen molar-refractivity contribution in [1.29, 1.82) is 0 Å². The molecule has 1 aliphatic rings. The molecule has 1 atom stereocenters. The van der Waals surface area contributed by atoms with Crippen LogP contribution in [-0.2, 0) is 11.3 Å². The van der Waals surface area contributed by atoms with Crippen LogP contribution in [-0.4, -0.2) is 40.1 Å². The lowest BCUT2D eigenvalue weighted by Gasteiger charge is -2.31. The fourth-order valence-electron chi connectivity index (χ4n) is 3.02. The molecule has 1 saturated heterocycles. The van der Waals surface area contributed by atoms with E-state index in [1.165, 1.54) is 6.26 Å². The minimum atomic E-state index is -0.104. The van der Waals surface area contributed by atoms with Crippen molar-refractivity contribution in [2.45, 2.75) is 25.6 Å². The zero-order valence-electron chi connectivity index (χ0n) is 14.2. The van der Waals surface area contributed by atoms with Gasteiger partial charge in [0, 0.05) is 18.7 Å². The van der Waals surface area contributed by atoms with Crippen LogP contribution in [0.2, 0.25) is 0 Å². The highest BCUT2D eigenvalue weighted by Crippen LogP contribution is 2.19. The molecule has 134 valence electrons. The van der Waals surface area contributed by atoms with Crippen LogP contribution in [0.15, 0.2) is 57.7 Å². The maximum Gasteiger partial charge on any atom is 0.289 e. The number of hydrogen-bond donors (Lipinski definition) is 0. The maximum atomic E-state index is 12.4. The molecule has 0 bridgehead atoms. The van der Waals surface area contributed by atoms with Crippen LogP contribution in [0.3, 0.4) is 0 Å². The van der Waals surface area contributed by atoms with Gasteiger partial charge in [0.25, 0.3) is 11.8 Å². The summed E-state index contributed by atoms with van der Waals surface area (Å²) in [5.41, 5.74) is 0.899. The summed E-state index contributed by atoms with van der Waals surface area (Å²) in [5, 5.41) is 3.98. The number of carbonyl (C=O) groups is 1. The number of rotatable bonds is 5. The van der Waals surface area contributed by atoms with Crippen molar-refractivity contribution >= 4 is 5.91 Å². The molecule has 0 N–H and O–H groups in total. The van der Waals surface area contributed by atoms with Gasteiger partial charge in [-0.1, -0.05) is 35.5 Å². The van der Waals surface area contributed by atoms with Crippen LogP contribution in [0.5, 0.6) is 0 Å². The molecule has 0 unspecified atom stereocenters. The summed E-state index contributed by atoms with van der Waals surface area (Å²) in [6, 6.07) is 13.0. The Morgan fingerprint density at radius 2 is 2.12 bits per heavy atom. The molecule has 3 heterocycles. The van der Waals surface area contributed by atoms with Crippen LogP contribution in [0.1, 0.15) is 29.3 Å². The number of likely N-dealkylation sites (tertiary alicyclic amines) is 1. The first-order valence-electron chi connectivity index (χ1n) is 8.62. The topological polar surface area (TPSA) is 81.6 Å². The molecule has 1 amide bonds. The molecular weight excluding hydrogens is 334 g/mol. The van der Waals surface area contributed by atoms with Gasteiger partial charge in [0.2, 0.25) is 5.82 Å². The third-order valence-electron chi connectivity index (χ3n) is 4.34. The van der Waals surface area contributed by atoms with Crippen LogP contribution < -0.4 is 0 Å². The Labute approximate surface area is 150 Å². The summed E-state index contributed by atoms with van der Waals surface area (Å²) in [6.07, 6.45) is 3.22. The SMILES string of the molecule is O=C(c1ccco1)N1CCC[C@H](OCc2nc(-c3ccccc3)no2)C1. The Morgan fingerprint density at radius 3 is 2.92 bits per heavy atom. The highest BCUT2D eigenvalue weighted by Gasteiger charge is 2.26.